The molecule has 0 radical (unpaired) electrons. The van der Waals surface area contributed by atoms with E-state index in [0.717, 1.165) is 12.3 Å². The molecule has 2 heteroatoms. The van der Waals surface area contributed by atoms with Crippen LogP contribution in [-0.2, 0) is 6.42 Å². The van der Waals surface area contributed by atoms with Gasteiger partial charge in [-0.25, -0.2) is 0 Å². The van der Waals surface area contributed by atoms with Crippen LogP contribution in [0, 0.1) is 11.3 Å². The van der Waals surface area contributed by atoms with Crippen LogP contribution in [0.1, 0.15) is 36.3 Å². The SMILES string of the molecule is CN1CCC(c2ccc(CCC#N)cc2)CC1. The first-order valence-corrected chi connectivity index (χ1v) is 6.44. The highest BCUT2D eigenvalue weighted by Crippen LogP contribution is 2.27. The maximum Gasteiger partial charge on any atom is 0.0625 e. The molecule has 1 aliphatic rings. The van der Waals surface area contributed by atoms with Crippen LogP contribution in [0.2, 0.25) is 0 Å². The lowest BCUT2D eigenvalue weighted by Crippen LogP contribution is -2.29. The highest BCUT2D eigenvalue weighted by molar-refractivity contribution is 5.26. The van der Waals surface area contributed by atoms with Gasteiger partial charge in [-0.15, -0.1) is 0 Å². The average Bonchev–Trinajstić information content (AvgIpc) is 2.38. The van der Waals surface area contributed by atoms with Crippen LogP contribution in [0.25, 0.3) is 0 Å². The minimum atomic E-state index is 0.619. The number of nitrogens with zero attached hydrogens (tertiary/aromatic N) is 2. The summed E-state index contributed by atoms with van der Waals surface area (Å²) >= 11 is 0. The van der Waals surface area contributed by atoms with Crippen LogP contribution in [-0.4, -0.2) is 25.0 Å². The van der Waals surface area contributed by atoms with E-state index in [9.17, 15) is 0 Å². The molecule has 0 aromatic heterocycles. The van der Waals surface area contributed by atoms with Gasteiger partial charge in [-0.2, -0.15) is 5.26 Å². The summed E-state index contributed by atoms with van der Waals surface area (Å²) in [5.74, 6) is 0.733. The van der Waals surface area contributed by atoms with E-state index in [2.05, 4.69) is 42.3 Å². The molecule has 0 saturated carbocycles. The van der Waals surface area contributed by atoms with E-state index in [4.69, 9.17) is 5.26 Å². The minimum absolute atomic E-state index is 0.619. The molecule has 0 N–H and O–H groups in total. The molecule has 1 fully saturated rings. The molecule has 1 aromatic rings. The number of likely N-dealkylation sites (tertiary alicyclic amines) is 1. The van der Waals surface area contributed by atoms with Gasteiger partial charge in [-0.1, -0.05) is 24.3 Å². The molecule has 2 rings (SSSR count). The largest absolute Gasteiger partial charge is 0.306 e. The first-order chi connectivity index (χ1) is 8.29. The third kappa shape index (κ3) is 3.31. The van der Waals surface area contributed by atoms with E-state index in [-0.39, 0.29) is 0 Å². The van der Waals surface area contributed by atoms with Gasteiger partial charge in [0.15, 0.2) is 0 Å². The summed E-state index contributed by atoms with van der Waals surface area (Å²) in [5, 5.41) is 8.56. The number of rotatable bonds is 3. The van der Waals surface area contributed by atoms with Gasteiger partial charge >= 0.3 is 0 Å². The van der Waals surface area contributed by atoms with Gasteiger partial charge in [0.05, 0.1) is 6.07 Å². The number of hydrogen-bond donors (Lipinski definition) is 0. The number of aryl methyl sites for hydroxylation is 1. The molecule has 90 valence electrons. The van der Waals surface area contributed by atoms with Crippen molar-refractivity contribution in [3.8, 4) is 6.07 Å². The van der Waals surface area contributed by atoms with E-state index >= 15 is 0 Å². The van der Waals surface area contributed by atoms with Crippen molar-refractivity contribution < 1.29 is 0 Å². The predicted octanol–water partition coefficient (Wildman–Crippen LogP) is 2.95. The zero-order chi connectivity index (χ0) is 12.1. The van der Waals surface area contributed by atoms with Gasteiger partial charge in [-0.05, 0) is 56.4 Å². The molecule has 1 heterocycles. The standard InChI is InChI=1S/C15H20N2/c1-17-11-8-15(9-12-17)14-6-4-13(5-7-14)3-2-10-16/h4-7,15H,2-3,8-9,11-12H2,1H3. The molecular weight excluding hydrogens is 208 g/mol. The molecule has 1 saturated heterocycles. The number of benzene rings is 1. The monoisotopic (exact) mass is 228 g/mol. The highest BCUT2D eigenvalue weighted by Gasteiger charge is 2.17. The van der Waals surface area contributed by atoms with Crippen molar-refractivity contribution in [2.24, 2.45) is 0 Å². The average molecular weight is 228 g/mol. The van der Waals surface area contributed by atoms with Crippen LogP contribution in [0.3, 0.4) is 0 Å². The lowest BCUT2D eigenvalue weighted by molar-refractivity contribution is 0.255. The van der Waals surface area contributed by atoms with Crippen molar-refractivity contribution in [2.45, 2.75) is 31.6 Å². The summed E-state index contributed by atoms with van der Waals surface area (Å²) in [7, 11) is 2.20. The van der Waals surface area contributed by atoms with Crippen molar-refractivity contribution in [3.63, 3.8) is 0 Å². The third-order valence-corrected chi connectivity index (χ3v) is 3.70. The van der Waals surface area contributed by atoms with Crippen LogP contribution < -0.4 is 0 Å². The molecule has 0 unspecified atom stereocenters. The lowest BCUT2D eigenvalue weighted by Gasteiger charge is -2.29. The molecule has 0 spiro atoms. The van der Waals surface area contributed by atoms with Crippen LogP contribution in [0.5, 0.6) is 0 Å². The fourth-order valence-electron chi connectivity index (χ4n) is 2.50. The Bertz CT molecular complexity index is 380. The summed E-state index contributed by atoms with van der Waals surface area (Å²) in [5.41, 5.74) is 2.75. The Morgan fingerprint density at radius 2 is 1.88 bits per heavy atom. The second-order valence-electron chi connectivity index (χ2n) is 4.98. The minimum Gasteiger partial charge on any atom is -0.306 e. The van der Waals surface area contributed by atoms with Crippen LogP contribution in [0.15, 0.2) is 24.3 Å². The van der Waals surface area contributed by atoms with Gasteiger partial charge in [-0.3, -0.25) is 0 Å². The Hall–Kier alpha value is -1.33. The molecule has 1 aromatic carbocycles. The second kappa shape index (κ2) is 5.84. The van der Waals surface area contributed by atoms with Gasteiger partial charge < -0.3 is 4.90 Å². The molecule has 17 heavy (non-hydrogen) atoms. The number of hydrogen-bond acceptors (Lipinski definition) is 2. The van der Waals surface area contributed by atoms with Crippen molar-refractivity contribution in [3.05, 3.63) is 35.4 Å². The zero-order valence-electron chi connectivity index (χ0n) is 10.5. The van der Waals surface area contributed by atoms with Crippen molar-refractivity contribution in [1.29, 1.82) is 5.26 Å². The Morgan fingerprint density at radius 1 is 1.24 bits per heavy atom. The Labute approximate surface area is 104 Å². The van der Waals surface area contributed by atoms with Crippen molar-refractivity contribution >= 4 is 0 Å². The molecule has 0 aliphatic carbocycles. The Kier molecular flexibility index (Phi) is 4.17. The topological polar surface area (TPSA) is 27.0 Å². The molecular formula is C15H20N2. The third-order valence-electron chi connectivity index (χ3n) is 3.70. The number of piperidine rings is 1. The summed E-state index contributed by atoms with van der Waals surface area (Å²) in [6, 6.07) is 11.1. The van der Waals surface area contributed by atoms with Gasteiger partial charge in [0.25, 0.3) is 0 Å². The second-order valence-corrected chi connectivity index (χ2v) is 4.98. The van der Waals surface area contributed by atoms with Crippen molar-refractivity contribution in [2.75, 3.05) is 20.1 Å². The van der Waals surface area contributed by atoms with Gasteiger partial charge in [0, 0.05) is 6.42 Å². The van der Waals surface area contributed by atoms with E-state index in [1.54, 1.807) is 0 Å². The molecule has 0 amide bonds. The molecule has 0 atom stereocenters. The fourth-order valence-corrected chi connectivity index (χ4v) is 2.50. The molecule has 2 nitrogen and oxygen atoms in total. The maximum absolute atomic E-state index is 8.56. The fraction of sp³-hybridized carbons (Fsp3) is 0.533. The van der Waals surface area contributed by atoms with E-state index < -0.39 is 0 Å². The number of nitriles is 1. The Balaban J connectivity index is 1.96. The smallest absolute Gasteiger partial charge is 0.0625 e. The summed E-state index contributed by atoms with van der Waals surface area (Å²) < 4.78 is 0. The Morgan fingerprint density at radius 3 is 2.47 bits per heavy atom. The maximum atomic E-state index is 8.56. The zero-order valence-corrected chi connectivity index (χ0v) is 10.5. The predicted molar refractivity (Wildman–Crippen MR) is 69.8 cm³/mol. The molecule has 1 aliphatic heterocycles. The molecule has 0 bridgehead atoms. The quantitative estimate of drug-likeness (QED) is 0.795. The normalized spacial score (nSPS) is 17.9. The van der Waals surface area contributed by atoms with Crippen molar-refractivity contribution in [1.82, 2.24) is 4.90 Å². The summed E-state index contributed by atoms with van der Waals surface area (Å²) in [6.07, 6.45) is 4.04. The van der Waals surface area contributed by atoms with Crippen LogP contribution in [0.4, 0.5) is 0 Å². The lowest BCUT2D eigenvalue weighted by atomic mass is 9.89. The van der Waals surface area contributed by atoms with Gasteiger partial charge in [0.2, 0.25) is 0 Å². The van der Waals surface area contributed by atoms with E-state index in [0.29, 0.717) is 6.42 Å². The highest BCUT2D eigenvalue weighted by atomic mass is 15.1. The van der Waals surface area contributed by atoms with Gasteiger partial charge in [0.1, 0.15) is 0 Å². The first kappa shape index (κ1) is 12.1. The summed E-state index contributed by atoms with van der Waals surface area (Å²) in [4.78, 5) is 2.40. The first-order valence-electron chi connectivity index (χ1n) is 6.44. The van der Waals surface area contributed by atoms with Crippen LogP contribution >= 0.6 is 0 Å². The summed E-state index contributed by atoms with van der Waals surface area (Å²) in [6.45, 7) is 2.42. The van der Waals surface area contributed by atoms with E-state index in [1.165, 1.54) is 37.1 Å². The van der Waals surface area contributed by atoms with E-state index in [1.807, 2.05) is 0 Å².